The molecule has 30 heavy (non-hydrogen) atoms. The number of nitrogens with one attached hydrogen (secondary N) is 1. The number of aryl methyl sites for hydroxylation is 2. The van der Waals surface area contributed by atoms with Crippen molar-refractivity contribution in [2.24, 2.45) is 5.92 Å². The molecule has 1 aromatic carbocycles. The van der Waals surface area contributed by atoms with Crippen LogP contribution in [0.25, 0.3) is 15.9 Å². The highest BCUT2D eigenvalue weighted by Crippen LogP contribution is 2.38. The normalized spacial score (nSPS) is 16.1. The molecule has 1 amide bonds. The van der Waals surface area contributed by atoms with Crippen molar-refractivity contribution in [2.45, 2.75) is 46.1 Å². The standard InChI is InChI=1S/C22H23N5O2S/c1-3-14-6-4-5-7-16(14)24-18(28)11-26-22(29)25-20-19-15-9-8-13(2)10-17(15)30-21(19)23-12-27(20)26/h4-7,12-13H,3,8-11H2,1-2H3,(H,24,28)/t13-/m0/s1. The maximum Gasteiger partial charge on any atom is 0.365 e. The summed E-state index contributed by atoms with van der Waals surface area (Å²) in [6, 6.07) is 7.69. The molecule has 1 N–H and O–H groups in total. The van der Waals surface area contributed by atoms with Crippen LogP contribution in [0.2, 0.25) is 0 Å². The zero-order valence-electron chi connectivity index (χ0n) is 17.0. The first kappa shape index (κ1) is 19.0. The van der Waals surface area contributed by atoms with Gasteiger partial charge in [0.15, 0.2) is 5.65 Å². The number of carbonyl (C=O) groups excluding carboxylic acids is 1. The van der Waals surface area contributed by atoms with Gasteiger partial charge in [-0.1, -0.05) is 32.0 Å². The van der Waals surface area contributed by atoms with Gasteiger partial charge in [-0.15, -0.1) is 11.3 Å². The van der Waals surface area contributed by atoms with Crippen molar-refractivity contribution in [3.63, 3.8) is 0 Å². The summed E-state index contributed by atoms with van der Waals surface area (Å²) in [5.41, 5.74) is 3.25. The SMILES string of the molecule is CCc1ccccc1NC(=O)Cn1c(=O)nc2c3c4c(sc3ncn21)C[C@@H](C)CC4. The molecule has 0 fully saturated rings. The Balaban J connectivity index is 1.52. The van der Waals surface area contributed by atoms with E-state index in [1.807, 2.05) is 31.2 Å². The molecule has 3 aromatic heterocycles. The van der Waals surface area contributed by atoms with Crippen LogP contribution < -0.4 is 11.0 Å². The minimum Gasteiger partial charge on any atom is -0.324 e. The van der Waals surface area contributed by atoms with Gasteiger partial charge in [-0.25, -0.2) is 19.0 Å². The third-order valence-electron chi connectivity index (χ3n) is 5.87. The van der Waals surface area contributed by atoms with Crippen LogP contribution in [0, 0.1) is 5.92 Å². The summed E-state index contributed by atoms with van der Waals surface area (Å²) in [6.45, 7) is 4.19. The third kappa shape index (κ3) is 3.11. The van der Waals surface area contributed by atoms with Crippen molar-refractivity contribution in [1.82, 2.24) is 19.2 Å². The molecule has 8 heteroatoms. The summed E-state index contributed by atoms with van der Waals surface area (Å²) in [6.07, 6.45) is 5.57. The number of benzene rings is 1. The molecule has 0 spiro atoms. The summed E-state index contributed by atoms with van der Waals surface area (Å²) < 4.78 is 2.97. The van der Waals surface area contributed by atoms with Gasteiger partial charge in [0.25, 0.3) is 0 Å². The topological polar surface area (TPSA) is 81.3 Å². The van der Waals surface area contributed by atoms with E-state index in [2.05, 4.69) is 22.2 Å². The molecule has 4 aromatic rings. The fourth-order valence-corrected chi connectivity index (χ4v) is 5.62. The van der Waals surface area contributed by atoms with Crippen LogP contribution in [0.1, 0.15) is 36.3 Å². The molecule has 0 radical (unpaired) electrons. The molecule has 0 aliphatic heterocycles. The molecule has 1 atom stereocenters. The highest BCUT2D eigenvalue weighted by molar-refractivity contribution is 7.19. The molecule has 0 saturated carbocycles. The molecule has 1 aliphatic rings. The maximum atomic E-state index is 12.7. The lowest BCUT2D eigenvalue weighted by Gasteiger charge is -2.17. The monoisotopic (exact) mass is 421 g/mol. The van der Waals surface area contributed by atoms with Gasteiger partial charge in [0.05, 0.1) is 5.39 Å². The van der Waals surface area contributed by atoms with E-state index in [0.717, 1.165) is 47.2 Å². The van der Waals surface area contributed by atoms with E-state index >= 15 is 0 Å². The lowest BCUT2D eigenvalue weighted by atomic mass is 9.89. The summed E-state index contributed by atoms with van der Waals surface area (Å²) in [4.78, 5) is 36.5. The first-order valence-corrected chi connectivity index (χ1v) is 11.1. The predicted octanol–water partition coefficient (Wildman–Crippen LogP) is 3.43. The van der Waals surface area contributed by atoms with Gasteiger partial charge in [-0.2, -0.15) is 4.98 Å². The first-order valence-electron chi connectivity index (χ1n) is 10.3. The maximum absolute atomic E-state index is 12.7. The number of thiophene rings is 1. The highest BCUT2D eigenvalue weighted by atomic mass is 32.1. The van der Waals surface area contributed by atoms with Crippen molar-refractivity contribution in [1.29, 1.82) is 0 Å². The largest absolute Gasteiger partial charge is 0.365 e. The minimum atomic E-state index is -0.438. The lowest BCUT2D eigenvalue weighted by molar-refractivity contribution is -0.117. The van der Waals surface area contributed by atoms with Crippen LogP contribution in [-0.4, -0.2) is 25.1 Å². The summed E-state index contributed by atoms with van der Waals surface area (Å²) in [5, 5.41) is 3.89. The number of anilines is 1. The van der Waals surface area contributed by atoms with Crippen molar-refractivity contribution >= 4 is 38.8 Å². The van der Waals surface area contributed by atoms with E-state index in [0.29, 0.717) is 11.6 Å². The molecule has 154 valence electrons. The van der Waals surface area contributed by atoms with E-state index in [4.69, 9.17) is 0 Å². The van der Waals surface area contributed by atoms with Crippen molar-refractivity contribution in [3.8, 4) is 0 Å². The number of rotatable bonds is 4. The van der Waals surface area contributed by atoms with Crippen LogP contribution in [0.3, 0.4) is 0 Å². The number of para-hydroxylation sites is 1. The fourth-order valence-electron chi connectivity index (χ4n) is 4.28. The second-order valence-corrected chi connectivity index (χ2v) is 9.04. The molecule has 0 unspecified atom stereocenters. The smallest absolute Gasteiger partial charge is 0.324 e. The number of hydrogen-bond donors (Lipinski definition) is 1. The average molecular weight is 422 g/mol. The second-order valence-electron chi connectivity index (χ2n) is 7.96. The second kappa shape index (κ2) is 7.36. The average Bonchev–Trinajstić information content (AvgIpc) is 3.25. The Morgan fingerprint density at radius 3 is 3.00 bits per heavy atom. The lowest BCUT2D eigenvalue weighted by Crippen LogP contribution is -2.28. The van der Waals surface area contributed by atoms with Crippen LogP contribution in [-0.2, 0) is 30.6 Å². The van der Waals surface area contributed by atoms with Gasteiger partial charge in [0.2, 0.25) is 5.91 Å². The molecule has 0 saturated heterocycles. The fraction of sp³-hybridized carbons (Fsp3) is 0.364. The Morgan fingerprint density at radius 2 is 2.17 bits per heavy atom. The van der Waals surface area contributed by atoms with Gasteiger partial charge in [-0.05, 0) is 48.8 Å². The summed E-state index contributed by atoms with van der Waals surface area (Å²) in [7, 11) is 0. The highest BCUT2D eigenvalue weighted by Gasteiger charge is 2.24. The minimum absolute atomic E-state index is 0.116. The van der Waals surface area contributed by atoms with Crippen molar-refractivity contribution in [2.75, 3.05) is 5.32 Å². The zero-order valence-corrected chi connectivity index (χ0v) is 17.8. The predicted molar refractivity (Wildman–Crippen MR) is 118 cm³/mol. The molecule has 5 rings (SSSR count). The first-order chi connectivity index (χ1) is 14.5. The Morgan fingerprint density at radius 1 is 1.33 bits per heavy atom. The molecule has 7 nitrogen and oxygen atoms in total. The summed E-state index contributed by atoms with van der Waals surface area (Å²) in [5.74, 6) is 0.400. The Labute approximate surface area is 177 Å². The number of nitrogens with zero attached hydrogens (tertiary/aromatic N) is 4. The van der Waals surface area contributed by atoms with Gasteiger partial charge in [0.1, 0.15) is 17.7 Å². The quantitative estimate of drug-likeness (QED) is 0.547. The van der Waals surface area contributed by atoms with E-state index in [1.165, 1.54) is 15.1 Å². The van der Waals surface area contributed by atoms with Crippen LogP contribution in [0.4, 0.5) is 5.69 Å². The molecular weight excluding hydrogens is 398 g/mol. The number of hydrogen-bond acceptors (Lipinski definition) is 5. The number of amides is 1. The summed E-state index contributed by atoms with van der Waals surface area (Å²) >= 11 is 1.70. The van der Waals surface area contributed by atoms with Gasteiger partial charge in [0, 0.05) is 10.6 Å². The van der Waals surface area contributed by atoms with Crippen LogP contribution in [0.15, 0.2) is 35.4 Å². The number of carbonyl (C=O) groups is 1. The number of fused-ring (bicyclic) bond motifs is 5. The van der Waals surface area contributed by atoms with Crippen molar-refractivity contribution < 1.29 is 4.79 Å². The van der Waals surface area contributed by atoms with E-state index in [9.17, 15) is 9.59 Å². The van der Waals surface area contributed by atoms with Gasteiger partial charge < -0.3 is 5.32 Å². The zero-order chi connectivity index (χ0) is 20.8. The molecule has 1 aliphatic carbocycles. The van der Waals surface area contributed by atoms with Crippen LogP contribution >= 0.6 is 11.3 Å². The Hall–Kier alpha value is -3.00. The van der Waals surface area contributed by atoms with E-state index in [1.54, 1.807) is 22.2 Å². The Bertz CT molecular complexity index is 1330. The molecular formula is C22H23N5O2S. The van der Waals surface area contributed by atoms with Crippen molar-refractivity contribution in [3.05, 3.63) is 57.1 Å². The molecule has 3 heterocycles. The molecule has 0 bridgehead atoms. The van der Waals surface area contributed by atoms with Gasteiger partial charge >= 0.3 is 5.69 Å². The Kier molecular flexibility index (Phi) is 4.66. The van der Waals surface area contributed by atoms with Gasteiger partial charge in [-0.3, -0.25) is 4.79 Å². The van der Waals surface area contributed by atoms with Crippen LogP contribution in [0.5, 0.6) is 0 Å². The van der Waals surface area contributed by atoms with E-state index < -0.39 is 5.69 Å². The third-order valence-corrected chi connectivity index (χ3v) is 7.03. The van der Waals surface area contributed by atoms with E-state index in [-0.39, 0.29) is 12.5 Å². The number of aromatic nitrogens is 4.